The van der Waals surface area contributed by atoms with E-state index in [4.69, 9.17) is 21.6 Å². The van der Waals surface area contributed by atoms with E-state index in [1.807, 2.05) is 13.0 Å². The molecule has 1 unspecified atom stereocenters. The van der Waals surface area contributed by atoms with Crippen LogP contribution in [0.5, 0.6) is 5.75 Å². The average molecular weight is 309 g/mol. The van der Waals surface area contributed by atoms with Crippen LogP contribution in [0.4, 0.5) is 0 Å². The molecule has 0 bridgehead atoms. The zero-order valence-corrected chi connectivity index (χ0v) is 13.4. The Morgan fingerprint density at radius 3 is 2.67 bits per heavy atom. The summed E-state index contributed by atoms with van der Waals surface area (Å²) >= 11 is 5.97. The summed E-state index contributed by atoms with van der Waals surface area (Å²) in [6.07, 6.45) is 2.02. The molecule has 5 heteroatoms. The van der Waals surface area contributed by atoms with E-state index in [1.54, 1.807) is 12.1 Å². The molecule has 0 saturated carbocycles. The fourth-order valence-corrected chi connectivity index (χ4v) is 2.04. The van der Waals surface area contributed by atoms with Gasteiger partial charge in [0.05, 0.1) is 16.7 Å². The first-order valence-electron chi connectivity index (χ1n) is 7.04. The Labute approximate surface area is 131 Å². The molecule has 1 atom stereocenters. The van der Waals surface area contributed by atoms with Gasteiger partial charge in [-0.05, 0) is 43.9 Å². The van der Waals surface area contributed by atoms with Gasteiger partial charge in [0.25, 0.3) is 5.91 Å². The minimum absolute atomic E-state index is 0.0857. The lowest BCUT2D eigenvalue weighted by Gasteiger charge is -2.15. The van der Waals surface area contributed by atoms with Crippen molar-refractivity contribution in [3.05, 3.63) is 28.8 Å². The maximum absolute atomic E-state index is 11.8. The van der Waals surface area contributed by atoms with Crippen LogP contribution in [-0.2, 0) is 4.79 Å². The van der Waals surface area contributed by atoms with Crippen LogP contribution in [0.15, 0.2) is 18.2 Å². The summed E-state index contributed by atoms with van der Waals surface area (Å²) in [6.45, 7) is 6.21. The molecule has 1 amide bonds. The third kappa shape index (κ3) is 6.50. The number of rotatable bonds is 7. The monoisotopic (exact) mass is 308 g/mol. The molecule has 0 aliphatic heterocycles. The highest BCUT2D eigenvalue weighted by Gasteiger charge is 2.10. The molecule has 0 saturated heterocycles. The van der Waals surface area contributed by atoms with Crippen LogP contribution in [0, 0.1) is 17.2 Å². The molecule has 21 heavy (non-hydrogen) atoms. The van der Waals surface area contributed by atoms with Crippen molar-refractivity contribution in [2.24, 2.45) is 5.92 Å². The summed E-state index contributed by atoms with van der Waals surface area (Å²) in [5, 5.41) is 12.0. The molecule has 1 N–H and O–H groups in total. The van der Waals surface area contributed by atoms with Gasteiger partial charge in [0, 0.05) is 6.04 Å². The highest BCUT2D eigenvalue weighted by Crippen LogP contribution is 2.25. The molecule has 1 rings (SSSR count). The van der Waals surface area contributed by atoms with Gasteiger partial charge in [0.15, 0.2) is 6.61 Å². The van der Waals surface area contributed by atoms with E-state index in [9.17, 15) is 4.79 Å². The second-order valence-corrected chi connectivity index (χ2v) is 5.89. The Kier molecular flexibility index (Phi) is 7.04. The number of halogens is 1. The summed E-state index contributed by atoms with van der Waals surface area (Å²) in [4.78, 5) is 11.8. The number of amides is 1. The van der Waals surface area contributed by atoms with Crippen LogP contribution in [0.3, 0.4) is 0 Å². The first-order valence-corrected chi connectivity index (χ1v) is 7.42. The Morgan fingerprint density at radius 2 is 2.10 bits per heavy atom. The molecule has 0 spiro atoms. The fraction of sp³-hybridized carbons (Fsp3) is 0.500. The Balaban J connectivity index is 2.41. The molecule has 0 aliphatic carbocycles. The van der Waals surface area contributed by atoms with Gasteiger partial charge in [0.2, 0.25) is 0 Å². The van der Waals surface area contributed by atoms with E-state index in [1.165, 1.54) is 6.07 Å². The zero-order chi connectivity index (χ0) is 15.8. The molecule has 0 aliphatic rings. The highest BCUT2D eigenvalue weighted by molar-refractivity contribution is 6.32. The number of nitriles is 1. The van der Waals surface area contributed by atoms with E-state index >= 15 is 0 Å². The third-order valence-electron chi connectivity index (χ3n) is 3.00. The topological polar surface area (TPSA) is 62.1 Å². The van der Waals surface area contributed by atoms with E-state index < -0.39 is 0 Å². The Hall–Kier alpha value is -1.73. The predicted molar refractivity (Wildman–Crippen MR) is 83.3 cm³/mol. The second-order valence-electron chi connectivity index (χ2n) is 5.49. The first kappa shape index (κ1) is 17.3. The molecule has 0 fully saturated rings. The molecule has 114 valence electrons. The average Bonchev–Trinajstić information content (AvgIpc) is 2.43. The summed E-state index contributed by atoms with van der Waals surface area (Å²) in [6, 6.07) is 6.82. The van der Waals surface area contributed by atoms with Gasteiger partial charge < -0.3 is 10.1 Å². The van der Waals surface area contributed by atoms with E-state index in [0.29, 0.717) is 22.3 Å². The Morgan fingerprint density at radius 1 is 1.38 bits per heavy atom. The molecule has 1 aromatic rings. The molecule has 4 nitrogen and oxygen atoms in total. The number of benzene rings is 1. The zero-order valence-electron chi connectivity index (χ0n) is 12.6. The largest absolute Gasteiger partial charge is 0.482 e. The number of carbonyl (C=O) groups excluding carboxylic acids is 1. The van der Waals surface area contributed by atoms with Crippen LogP contribution >= 0.6 is 11.6 Å². The third-order valence-corrected chi connectivity index (χ3v) is 3.30. The number of carbonyl (C=O) groups is 1. The van der Waals surface area contributed by atoms with Crippen LogP contribution in [-0.4, -0.2) is 18.6 Å². The molecule has 1 aromatic carbocycles. The lowest BCUT2D eigenvalue weighted by atomic mass is 10.0. The smallest absolute Gasteiger partial charge is 0.258 e. The highest BCUT2D eigenvalue weighted by atomic mass is 35.5. The minimum atomic E-state index is -0.174. The van der Waals surface area contributed by atoms with Crippen molar-refractivity contribution in [3.8, 4) is 11.8 Å². The summed E-state index contributed by atoms with van der Waals surface area (Å²) in [5.74, 6) is 0.852. The van der Waals surface area contributed by atoms with Crippen molar-refractivity contribution < 1.29 is 9.53 Å². The normalized spacial score (nSPS) is 11.8. The SMILES string of the molecule is CC(C)CCC(C)NC(=O)COc1ccc(C#N)cc1Cl. The number of nitrogens with zero attached hydrogens (tertiary/aromatic N) is 1. The molecule has 0 radical (unpaired) electrons. The lowest BCUT2D eigenvalue weighted by Crippen LogP contribution is -2.36. The van der Waals surface area contributed by atoms with Crippen molar-refractivity contribution >= 4 is 17.5 Å². The maximum Gasteiger partial charge on any atom is 0.258 e. The Bertz CT molecular complexity index is 523. The van der Waals surface area contributed by atoms with Crippen LogP contribution in [0.2, 0.25) is 5.02 Å². The van der Waals surface area contributed by atoms with Gasteiger partial charge in [-0.2, -0.15) is 5.26 Å². The van der Waals surface area contributed by atoms with Crippen molar-refractivity contribution in [1.29, 1.82) is 5.26 Å². The van der Waals surface area contributed by atoms with E-state index in [0.717, 1.165) is 12.8 Å². The standard InChI is InChI=1S/C16H21ClN2O2/c1-11(2)4-5-12(3)19-16(20)10-21-15-7-6-13(9-18)8-14(15)17/h6-8,11-12H,4-5,10H2,1-3H3,(H,19,20). The second kappa shape index (κ2) is 8.53. The van der Waals surface area contributed by atoms with Crippen LogP contribution < -0.4 is 10.1 Å². The number of hydrogen-bond acceptors (Lipinski definition) is 3. The molecular weight excluding hydrogens is 288 g/mol. The van der Waals surface area contributed by atoms with Crippen molar-refractivity contribution in [2.75, 3.05) is 6.61 Å². The van der Waals surface area contributed by atoms with E-state index in [-0.39, 0.29) is 18.6 Å². The number of ether oxygens (including phenoxy) is 1. The van der Waals surface area contributed by atoms with Gasteiger partial charge in [-0.3, -0.25) is 4.79 Å². The fourth-order valence-electron chi connectivity index (χ4n) is 1.80. The van der Waals surface area contributed by atoms with Gasteiger partial charge >= 0.3 is 0 Å². The minimum Gasteiger partial charge on any atom is -0.482 e. The quantitative estimate of drug-likeness (QED) is 0.838. The number of hydrogen-bond donors (Lipinski definition) is 1. The summed E-state index contributed by atoms with van der Waals surface area (Å²) < 4.78 is 5.37. The van der Waals surface area contributed by atoms with Crippen LogP contribution in [0.25, 0.3) is 0 Å². The van der Waals surface area contributed by atoms with Gasteiger partial charge in [0.1, 0.15) is 5.75 Å². The number of nitrogens with one attached hydrogen (secondary N) is 1. The maximum atomic E-state index is 11.8. The van der Waals surface area contributed by atoms with Crippen molar-refractivity contribution in [2.45, 2.75) is 39.7 Å². The van der Waals surface area contributed by atoms with Crippen molar-refractivity contribution in [3.63, 3.8) is 0 Å². The molecular formula is C16H21ClN2O2. The van der Waals surface area contributed by atoms with E-state index in [2.05, 4.69) is 19.2 Å². The predicted octanol–water partition coefficient (Wildman–Crippen LogP) is 3.53. The van der Waals surface area contributed by atoms with Gasteiger partial charge in [-0.15, -0.1) is 0 Å². The summed E-state index contributed by atoms with van der Waals surface area (Å²) in [7, 11) is 0. The first-order chi connectivity index (χ1) is 9.92. The lowest BCUT2D eigenvalue weighted by molar-refractivity contribution is -0.123. The van der Waals surface area contributed by atoms with Gasteiger partial charge in [-0.25, -0.2) is 0 Å². The van der Waals surface area contributed by atoms with Gasteiger partial charge in [-0.1, -0.05) is 25.4 Å². The molecule has 0 heterocycles. The summed E-state index contributed by atoms with van der Waals surface area (Å²) in [5.41, 5.74) is 0.458. The van der Waals surface area contributed by atoms with Crippen LogP contribution in [0.1, 0.15) is 39.2 Å². The molecule has 0 aromatic heterocycles. The van der Waals surface area contributed by atoms with Crippen molar-refractivity contribution in [1.82, 2.24) is 5.32 Å².